The summed E-state index contributed by atoms with van der Waals surface area (Å²) in [6, 6.07) is 15.5. The lowest BCUT2D eigenvalue weighted by molar-refractivity contribution is 0.580. The van der Waals surface area contributed by atoms with E-state index in [4.69, 9.17) is 0 Å². The lowest BCUT2D eigenvalue weighted by atomic mass is 9.97. The number of sulfonamides is 1. The predicted molar refractivity (Wildman–Crippen MR) is 104 cm³/mol. The van der Waals surface area contributed by atoms with Crippen LogP contribution in [0.15, 0.2) is 69.7 Å². The van der Waals surface area contributed by atoms with Gasteiger partial charge in [0.15, 0.2) is 0 Å². The Balaban J connectivity index is 1.68. The van der Waals surface area contributed by atoms with Gasteiger partial charge in [-0.1, -0.05) is 30.3 Å². The Kier molecular flexibility index (Phi) is 4.47. The molecule has 0 bridgehead atoms. The summed E-state index contributed by atoms with van der Waals surface area (Å²) in [6.45, 7) is 0.322. The Bertz CT molecular complexity index is 1060. The second kappa shape index (κ2) is 6.76. The van der Waals surface area contributed by atoms with Crippen molar-refractivity contribution in [2.45, 2.75) is 10.1 Å². The van der Waals surface area contributed by atoms with Crippen molar-refractivity contribution in [3.63, 3.8) is 0 Å². The molecule has 1 atom stereocenters. The number of para-hydroxylation sites is 1. The third-order valence-corrected chi connectivity index (χ3v) is 7.93. The van der Waals surface area contributed by atoms with Gasteiger partial charge in [-0.05, 0) is 34.5 Å². The van der Waals surface area contributed by atoms with Crippen molar-refractivity contribution in [1.29, 1.82) is 0 Å². The number of aromatic nitrogens is 1. The van der Waals surface area contributed by atoms with E-state index in [-0.39, 0.29) is 5.92 Å². The molecule has 25 heavy (non-hydrogen) atoms. The van der Waals surface area contributed by atoms with Crippen molar-refractivity contribution in [2.24, 2.45) is 0 Å². The maximum Gasteiger partial charge on any atom is 0.250 e. The van der Waals surface area contributed by atoms with Gasteiger partial charge >= 0.3 is 0 Å². The van der Waals surface area contributed by atoms with Crippen LogP contribution in [0.1, 0.15) is 16.4 Å². The topological polar surface area (TPSA) is 62.0 Å². The molecule has 3 heterocycles. The predicted octanol–water partition coefficient (Wildman–Crippen LogP) is 4.40. The van der Waals surface area contributed by atoms with Crippen LogP contribution in [0.2, 0.25) is 0 Å². The fourth-order valence-electron chi connectivity index (χ4n) is 2.92. The molecule has 4 aromatic rings. The van der Waals surface area contributed by atoms with E-state index < -0.39 is 10.0 Å². The van der Waals surface area contributed by atoms with Gasteiger partial charge in [0, 0.05) is 34.4 Å². The Labute approximate surface area is 154 Å². The maximum atomic E-state index is 12.5. The number of benzene rings is 1. The smallest absolute Gasteiger partial charge is 0.250 e. The molecule has 0 saturated carbocycles. The van der Waals surface area contributed by atoms with Crippen molar-refractivity contribution in [3.8, 4) is 0 Å². The van der Waals surface area contributed by atoms with Gasteiger partial charge in [-0.2, -0.15) is 0 Å². The van der Waals surface area contributed by atoms with Crippen LogP contribution < -0.4 is 4.72 Å². The highest BCUT2D eigenvalue weighted by atomic mass is 32.2. The van der Waals surface area contributed by atoms with Gasteiger partial charge < -0.3 is 4.98 Å². The van der Waals surface area contributed by atoms with E-state index in [0.29, 0.717) is 10.8 Å². The molecule has 2 N–H and O–H groups in total. The molecule has 128 valence electrons. The van der Waals surface area contributed by atoms with E-state index in [1.807, 2.05) is 35.8 Å². The quantitative estimate of drug-likeness (QED) is 0.514. The van der Waals surface area contributed by atoms with Crippen LogP contribution in [0.5, 0.6) is 0 Å². The van der Waals surface area contributed by atoms with Gasteiger partial charge in [0.2, 0.25) is 10.0 Å². The molecule has 3 aromatic heterocycles. The Morgan fingerprint density at radius 3 is 2.56 bits per heavy atom. The van der Waals surface area contributed by atoms with E-state index in [1.165, 1.54) is 11.3 Å². The van der Waals surface area contributed by atoms with Crippen LogP contribution in [0.4, 0.5) is 0 Å². The molecule has 0 aliphatic rings. The lowest BCUT2D eigenvalue weighted by Gasteiger charge is -2.16. The highest BCUT2D eigenvalue weighted by molar-refractivity contribution is 7.91. The van der Waals surface area contributed by atoms with Gasteiger partial charge in [0.05, 0.1) is 0 Å². The number of thiophene rings is 2. The fraction of sp³-hybridized carbons (Fsp3) is 0.111. The zero-order chi connectivity index (χ0) is 17.3. The van der Waals surface area contributed by atoms with E-state index in [0.717, 1.165) is 21.3 Å². The summed E-state index contributed by atoms with van der Waals surface area (Å²) in [5.41, 5.74) is 2.16. The van der Waals surface area contributed by atoms with Crippen molar-refractivity contribution < 1.29 is 8.42 Å². The molecular formula is C18H16N2O2S3. The number of hydrogen-bond donors (Lipinski definition) is 2. The molecule has 1 aromatic carbocycles. The van der Waals surface area contributed by atoms with E-state index >= 15 is 0 Å². The van der Waals surface area contributed by atoms with Crippen LogP contribution in [0, 0.1) is 0 Å². The van der Waals surface area contributed by atoms with E-state index in [1.54, 1.807) is 28.8 Å². The number of nitrogens with one attached hydrogen (secondary N) is 2. The fourth-order valence-corrected chi connectivity index (χ4v) is 5.85. The normalized spacial score (nSPS) is 13.3. The first-order valence-corrected chi connectivity index (χ1v) is 11.0. The number of H-pyrrole nitrogens is 1. The maximum absolute atomic E-state index is 12.5. The number of aromatic amines is 1. The van der Waals surface area contributed by atoms with Gasteiger partial charge in [-0.15, -0.1) is 22.7 Å². The Hall–Kier alpha value is -1.93. The van der Waals surface area contributed by atoms with Crippen molar-refractivity contribution >= 4 is 43.6 Å². The minimum atomic E-state index is -3.48. The highest BCUT2D eigenvalue weighted by Gasteiger charge is 2.23. The van der Waals surface area contributed by atoms with E-state index in [9.17, 15) is 8.42 Å². The SMILES string of the molecule is O=S(=O)(NCC(c1cccs1)c1c[nH]c2ccccc12)c1cccs1. The minimum absolute atomic E-state index is 0.0362. The Morgan fingerprint density at radius 1 is 1.00 bits per heavy atom. The van der Waals surface area contributed by atoms with Crippen molar-refractivity contribution in [2.75, 3.05) is 6.54 Å². The third-order valence-electron chi connectivity index (χ3n) is 4.12. The Morgan fingerprint density at radius 2 is 1.80 bits per heavy atom. The summed E-state index contributed by atoms with van der Waals surface area (Å²) in [4.78, 5) is 4.42. The molecule has 7 heteroatoms. The minimum Gasteiger partial charge on any atom is -0.361 e. The third kappa shape index (κ3) is 3.28. The average Bonchev–Trinajstić information content (AvgIpc) is 3.37. The summed E-state index contributed by atoms with van der Waals surface area (Å²) in [7, 11) is -3.48. The second-order valence-corrected chi connectivity index (χ2v) is 9.56. The molecule has 1 unspecified atom stereocenters. The largest absolute Gasteiger partial charge is 0.361 e. The van der Waals surface area contributed by atoms with Crippen molar-refractivity contribution in [1.82, 2.24) is 9.71 Å². The van der Waals surface area contributed by atoms with Crippen LogP contribution in [0.3, 0.4) is 0 Å². The molecule has 0 spiro atoms. The zero-order valence-corrected chi connectivity index (χ0v) is 15.6. The molecule has 0 fully saturated rings. The summed E-state index contributed by atoms with van der Waals surface area (Å²) in [5, 5.41) is 4.91. The molecule has 0 amide bonds. The summed E-state index contributed by atoms with van der Waals surface area (Å²) in [6.07, 6.45) is 1.98. The monoisotopic (exact) mass is 388 g/mol. The van der Waals surface area contributed by atoms with Crippen LogP contribution in [-0.4, -0.2) is 19.9 Å². The van der Waals surface area contributed by atoms with Crippen molar-refractivity contribution in [3.05, 3.63) is 75.9 Å². The van der Waals surface area contributed by atoms with Gasteiger partial charge in [0.1, 0.15) is 4.21 Å². The van der Waals surface area contributed by atoms with Gasteiger partial charge in [-0.3, -0.25) is 0 Å². The number of rotatable bonds is 6. The second-order valence-electron chi connectivity index (χ2n) is 5.64. The van der Waals surface area contributed by atoms with Crippen LogP contribution in [0.25, 0.3) is 10.9 Å². The molecule has 0 aliphatic carbocycles. The number of fused-ring (bicyclic) bond motifs is 1. The van der Waals surface area contributed by atoms with Crippen LogP contribution >= 0.6 is 22.7 Å². The summed E-state index contributed by atoms with van der Waals surface area (Å²) >= 11 is 2.86. The first kappa shape index (κ1) is 16.5. The van der Waals surface area contributed by atoms with Crippen LogP contribution in [-0.2, 0) is 10.0 Å². The van der Waals surface area contributed by atoms with E-state index in [2.05, 4.69) is 21.8 Å². The molecular weight excluding hydrogens is 372 g/mol. The molecule has 0 radical (unpaired) electrons. The summed E-state index contributed by atoms with van der Waals surface area (Å²) < 4.78 is 28.1. The summed E-state index contributed by atoms with van der Waals surface area (Å²) in [5.74, 6) is -0.0362. The molecule has 0 aliphatic heterocycles. The first-order valence-electron chi connectivity index (χ1n) is 7.78. The van der Waals surface area contributed by atoms with Gasteiger partial charge in [0.25, 0.3) is 0 Å². The molecule has 0 saturated heterocycles. The average molecular weight is 389 g/mol. The molecule has 4 rings (SSSR count). The molecule has 4 nitrogen and oxygen atoms in total. The highest BCUT2D eigenvalue weighted by Crippen LogP contribution is 2.33. The standard InChI is InChI=1S/C18H16N2O2S3/c21-25(22,18-8-4-10-24-18)20-12-15(17-7-3-9-23-17)14-11-19-16-6-2-1-5-13(14)16/h1-11,15,19-20H,12H2. The van der Waals surface area contributed by atoms with Gasteiger partial charge in [-0.25, -0.2) is 13.1 Å². The zero-order valence-electron chi connectivity index (χ0n) is 13.2. The number of hydrogen-bond acceptors (Lipinski definition) is 4. The lowest BCUT2D eigenvalue weighted by Crippen LogP contribution is -2.28. The first-order chi connectivity index (χ1) is 12.1.